The SMILES string of the molecule is CC/C=C\C/C=C\C/C=C\C/C=C\C/C=C\C/C=C\CCC(=O)OCC(COC1OC(C(=O)O)C(O)C(O)C1OC(=O)CCC/C=C\C/C=C\C/C=C\C/C=C\C/C=C\CC)OC(=O)CCCCCCCCCCCCCCCCCCC. The lowest BCUT2D eigenvalue weighted by Gasteiger charge is -2.40. The van der Waals surface area contributed by atoms with Crippen LogP contribution in [0.25, 0.3) is 0 Å². The van der Waals surface area contributed by atoms with E-state index in [2.05, 4.69) is 130 Å². The maximum absolute atomic E-state index is 13.2. The number of allylic oxidation sites excluding steroid dienone is 22. The van der Waals surface area contributed by atoms with E-state index in [-0.39, 0.29) is 25.9 Å². The molecule has 1 aliphatic rings. The van der Waals surface area contributed by atoms with E-state index < -0.39 is 67.3 Å². The van der Waals surface area contributed by atoms with Gasteiger partial charge in [0.25, 0.3) is 0 Å². The summed E-state index contributed by atoms with van der Waals surface area (Å²) < 4.78 is 28.4. The van der Waals surface area contributed by atoms with Crippen LogP contribution < -0.4 is 0 Å². The molecule has 12 nitrogen and oxygen atoms in total. The molecule has 1 heterocycles. The lowest BCUT2D eigenvalue weighted by molar-refractivity contribution is -0.301. The van der Waals surface area contributed by atoms with Gasteiger partial charge in [0.15, 0.2) is 24.6 Å². The second-order valence-electron chi connectivity index (χ2n) is 21.3. The topological polar surface area (TPSA) is 175 Å². The highest BCUT2D eigenvalue weighted by Gasteiger charge is 2.50. The van der Waals surface area contributed by atoms with Crippen molar-refractivity contribution in [3.05, 3.63) is 134 Å². The molecule has 0 saturated carbocycles. The number of esters is 3. The number of ether oxygens (including phenoxy) is 5. The Morgan fingerprint density at radius 2 is 0.783 bits per heavy atom. The van der Waals surface area contributed by atoms with Crippen molar-refractivity contribution in [1.82, 2.24) is 0 Å². The van der Waals surface area contributed by atoms with E-state index in [1.54, 1.807) is 0 Å². The number of carboxylic acids is 1. The van der Waals surface area contributed by atoms with Crippen molar-refractivity contribution in [2.24, 2.45) is 0 Å². The molecule has 83 heavy (non-hydrogen) atoms. The molecule has 0 spiro atoms. The summed E-state index contributed by atoms with van der Waals surface area (Å²) in [7, 11) is 0. The van der Waals surface area contributed by atoms with E-state index in [9.17, 15) is 34.5 Å². The summed E-state index contributed by atoms with van der Waals surface area (Å²) in [5, 5.41) is 31.6. The van der Waals surface area contributed by atoms with Crippen LogP contribution in [0.5, 0.6) is 0 Å². The van der Waals surface area contributed by atoms with Gasteiger partial charge in [0, 0.05) is 19.3 Å². The molecule has 0 bridgehead atoms. The molecule has 0 aromatic carbocycles. The summed E-state index contributed by atoms with van der Waals surface area (Å²) in [6, 6.07) is 0. The van der Waals surface area contributed by atoms with Crippen LogP contribution in [-0.4, -0.2) is 89.2 Å². The van der Waals surface area contributed by atoms with Crippen molar-refractivity contribution in [1.29, 1.82) is 0 Å². The molecule has 6 unspecified atom stereocenters. The lowest BCUT2D eigenvalue weighted by Crippen LogP contribution is -2.61. The highest BCUT2D eigenvalue weighted by molar-refractivity contribution is 5.74. The smallest absolute Gasteiger partial charge is 0.335 e. The number of hydrogen-bond acceptors (Lipinski definition) is 11. The van der Waals surface area contributed by atoms with Gasteiger partial charge in [0.2, 0.25) is 0 Å². The summed E-state index contributed by atoms with van der Waals surface area (Å²) in [5.41, 5.74) is 0. The summed E-state index contributed by atoms with van der Waals surface area (Å²) in [4.78, 5) is 51.3. The molecule has 1 saturated heterocycles. The first kappa shape index (κ1) is 75.9. The van der Waals surface area contributed by atoms with Gasteiger partial charge in [0.1, 0.15) is 18.8 Å². The molecular weight excluding hydrogens is 1040 g/mol. The van der Waals surface area contributed by atoms with Crippen LogP contribution in [0.4, 0.5) is 0 Å². The molecule has 3 N–H and O–H groups in total. The van der Waals surface area contributed by atoms with Gasteiger partial charge in [0.05, 0.1) is 6.61 Å². The van der Waals surface area contributed by atoms with Gasteiger partial charge in [-0.2, -0.15) is 0 Å². The summed E-state index contributed by atoms with van der Waals surface area (Å²) in [5.74, 6) is -3.32. The van der Waals surface area contributed by atoms with Crippen molar-refractivity contribution >= 4 is 23.9 Å². The van der Waals surface area contributed by atoms with E-state index in [4.69, 9.17) is 23.7 Å². The summed E-state index contributed by atoms with van der Waals surface area (Å²) in [6.45, 7) is 5.69. The van der Waals surface area contributed by atoms with E-state index in [1.807, 2.05) is 24.3 Å². The number of rotatable bonds is 53. The Morgan fingerprint density at radius 3 is 1.19 bits per heavy atom. The molecule has 0 radical (unpaired) electrons. The van der Waals surface area contributed by atoms with Crippen LogP contribution in [0.2, 0.25) is 0 Å². The van der Waals surface area contributed by atoms with Gasteiger partial charge >= 0.3 is 23.9 Å². The van der Waals surface area contributed by atoms with Gasteiger partial charge in [-0.25, -0.2) is 4.79 Å². The maximum Gasteiger partial charge on any atom is 0.335 e. The second kappa shape index (κ2) is 57.3. The number of aliphatic carboxylic acids is 1. The molecule has 1 fully saturated rings. The molecular formula is C71H112O12. The first-order chi connectivity index (χ1) is 40.6. The molecule has 12 heteroatoms. The molecule has 1 aliphatic heterocycles. The fraction of sp³-hybridized carbons (Fsp3) is 0.634. The van der Waals surface area contributed by atoms with Gasteiger partial charge in [-0.3, -0.25) is 14.4 Å². The number of carboxylic acid groups (broad SMARTS) is 1. The Morgan fingerprint density at radius 1 is 0.410 bits per heavy atom. The number of aliphatic hydroxyl groups excluding tert-OH is 2. The Labute approximate surface area is 502 Å². The number of aliphatic hydroxyl groups is 2. The van der Waals surface area contributed by atoms with E-state index >= 15 is 0 Å². The van der Waals surface area contributed by atoms with Crippen molar-refractivity contribution in [2.45, 2.75) is 276 Å². The van der Waals surface area contributed by atoms with Crippen molar-refractivity contribution in [3.63, 3.8) is 0 Å². The van der Waals surface area contributed by atoms with Gasteiger partial charge in [-0.15, -0.1) is 0 Å². The molecule has 0 aromatic rings. The summed E-state index contributed by atoms with van der Waals surface area (Å²) >= 11 is 0. The fourth-order valence-corrected chi connectivity index (χ4v) is 8.90. The van der Waals surface area contributed by atoms with Crippen LogP contribution in [0.3, 0.4) is 0 Å². The van der Waals surface area contributed by atoms with Crippen LogP contribution in [-0.2, 0) is 42.9 Å². The van der Waals surface area contributed by atoms with E-state index in [1.165, 1.54) is 83.5 Å². The highest BCUT2D eigenvalue weighted by atomic mass is 16.7. The van der Waals surface area contributed by atoms with Gasteiger partial charge < -0.3 is 39.0 Å². The monoisotopic (exact) mass is 1160 g/mol. The minimum Gasteiger partial charge on any atom is -0.479 e. The quantitative estimate of drug-likeness (QED) is 0.0228. The fourth-order valence-electron chi connectivity index (χ4n) is 8.90. The molecule has 0 aromatic heterocycles. The molecule has 0 amide bonds. The van der Waals surface area contributed by atoms with Crippen LogP contribution in [0.15, 0.2) is 134 Å². The van der Waals surface area contributed by atoms with E-state index in [0.717, 1.165) is 89.9 Å². The third-order valence-corrected chi connectivity index (χ3v) is 13.7. The number of unbranched alkanes of at least 4 members (excludes halogenated alkanes) is 17. The largest absolute Gasteiger partial charge is 0.479 e. The average molecular weight is 1160 g/mol. The standard InChI is InChI=1S/C71H112O12/c1-4-7-10-13-16-19-22-25-28-31-32-35-36-39-42-45-48-51-54-57-63(72)79-60-62(81-64(73)58-55-52-49-46-43-40-37-33-29-26-23-20-17-14-11-8-5-2)61-80-71-69(67(76)66(75)68(83-71)70(77)78)82-65(74)59-56-53-50-47-44-41-38-34-30-27-24-21-18-15-12-9-6-3/h7,9-10,12,16,18-19,21,25,27-28,30,32,35,38-39,41-42,47-48,50-51,62,66-69,71,75-76H,4-6,8,11,13-15,17,20,22-24,26,29,31,33-34,36-37,40,43-46,49,52-61H2,1-3H3,(H,77,78)/b10-7-,12-9-,19-16-,21-18-,28-25-,30-27-,35-32-,41-38-,42-39-,50-47-,51-48-. The van der Waals surface area contributed by atoms with Crippen molar-refractivity contribution < 1.29 is 58.2 Å². The first-order valence-electron chi connectivity index (χ1n) is 32.2. The third kappa shape index (κ3) is 46.9. The third-order valence-electron chi connectivity index (χ3n) is 13.7. The molecule has 0 aliphatic carbocycles. The van der Waals surface area contributed by atoms with Crippen LogP contribution in [0.1, 0.15) is 239 Å². The number of hydrogen-bond donors (Lipinski definition) is 3. The highest BCUT2D eigenvalue weighted by Crippen LogP contribution is 2.26. The zero-order valence-electron chi connectivity index (χ0n) is 51.6. The lowest BCUT2D eigenvalue weighted by atomic mass is 9.98. The normalized spacial score (nSPS) is 18.5. The predicted molar refractivity (Wildman–Crippen MR) is 340 cm³/mol. The maximum atomic E-state index is 13.2. The Bertz CT molecular complexity index is 1950. The average Bonchev–Trinajstić information content (AvgIpc) is 3.59. The van der Waals surface area contributed by atoms with Gasteiger partial charge in [-0.05, 0) is 96.3 Å². The van der Waals surface area contributed by atoms with Crippen LogP contribution in [0, 0.1) is 0 Å². The Kier molecular flexibility index (Phi) is 52.4. The molecule has 468 valence electrons. The minimum atomic E-state index is -1.94. The van der Waals surface area contributed by atoms with Crippen LogP contribution >= 0.6 is 0 Å². The van der Waals surface area contributed by atoms with Crippen molar-refractivity contribution in [2.75, 3.05) is 13.2 Å². The van der Waals surface area contributed by atoms with Gasteiger partial charge in [-0.1, -0.05) is 257 Å². The zero-order chi connectivity index (χ0) is 60.3. The van der Waals surface area contributed by atoms with Crippen molar-refractivity contribution in [3.8, 4) is 0 Å². The number of carbonyl (C=O) groups is 4. The summed E-state index contributed by atoms with van der Waals surface area (Å²) in [6.07, 6.45) is 68.6. The predicted octanol–water partition coefficient (Wildman–Crippen LogP) is 17.3. The molecule has 6 atom stereocenters. The zero-order valence-corrected chi connectivity index (χ0v) is 51.6. The molecule has 1 rings (SSSR count). The number of carbonyl (C=O) groups excluding carboxylic acids is 3. The second-order valence-corrected chi connectivity index (χ2v) is 21.3. The Balaban J connectivity index is 2.75. The minimum absolute atomic E-state index is 0.0309. The Hall–Kier alpha value is -5.14. The first-order valence-corrected chi connectivity index (χ1v) is 32.2. The van der Waals surface area contributed by atoms with E-state index in [0.29, 0.717) is 25.7 Å².